The Morgan fingerprint density at radius 1 is 1.16 bits per heavy atom. The molecule has 3 aromatic rings. The highest BCUT2D eigenvalue weighted by Crippen LogP contribution is 2.29. The highest BCUT2D eigenvalue weighted by molar-refractivity contribution is 5.79. The average Bonchev–Trinajstić information content (AvgIpc) is 3.34. The summed E-state index contributed by atoms with van der Waals surface area (Å²) in [6.07, 6.45) is 5.38. The number of amides is 2. The van der Waals surface area contributed by atoms with E-state index in [2.05, 4.69) is 20.5 Å². The molecule has 7 nitrogen and oxygen atoms in total. The van der Waals surface area contributed by atoms with Gasteiger partial charge < -0.3 is 10.2 Å². The minimum Gasteiger partial charge on any atom is -0.349 e. The van der Waals surface area contributed by atoms with Crippen LogP contribution >= 0.6 is 0 Å². The number of benzene rings is 1. The summed E-state index contributed by atoms with van der Waals surface area (Å²) in [5, 5.41) is 9.71. The molecule has 3 heterocycles. The minimum absolute atomic E-state index is 0.0194. The predicted octanol–water partition coefficient (Wildman–Crippen LogP) is 3.58. The third-order valence-electron chi connectivity index (χ3n) is 5.89. The van der Waals surface area contributed by atoms with Gasteiger partial charge in [-0.3, -0.25) is 19.7 Å². The summed E-state index contributed by atoms with van der Waals surface area (Å²) in [7, 11) is 0. The molecule has 2 amide bonds. The number of hydrogen-bond acceptors (Lipinski definition) is 4. The van der Waals surface area contributed by atoms with Gasteiger partial charge in [0.15, 0.2) is 0 Å². The Hall–Kier alpha value is -3.55. The van der Waals surface area contributed by atoms with Crippen molar-refractivity contribution in [3.63, 3.8) is 0 Å². The first-order valence-electron chi connectivity index (χ1n) is 10.8. The molecule has 2 N–H and O–H groups in total. The number of halogens is 1. The van der Waals surface area contributed by atoms with Crippen molar-refractivity contribution in [1.29, 1.82) is 0 Å². The molecule has 166 valence electrons. The second-order valence-corrected chi connectivity index (χ2v) is 8.11. The SMILES string of the molecule is CC(=O)N[C@@H](CC(=O)N1CCC(c2ccc(-c3ccn[nH]3)cn2)CC1)c1ccc(F)cc1. The largest absolute Gasteiger partial charge is 0.349 e. The molecule has 1 fully saturated rings. The van der Waals surface area contributed by atoms with Gasteiger partial charge in [0.2, 0.25) is 11.8 Å². The molecule has 1 aromatic carbocycles. The van der Waals surface area contributed by atoms with Crippen LogP contribution < -0.4 is 5.32 Å². The minimum atomic E-state index is -0.477. The lowest BCUT2D eigenvalue weighted by molar-refractivity contribution is -0.133. The van der Waals surface area contributed by atoms with Crippen LogP contribution in [0.5, 0.6) is 0 Å². The van der Waals surface area contributed by atoms with Crippen LogP contribution in [-0.4, -0.2) is 45.0 Å². The van der Waals surface area contributed by atoms with Crippen molar-refractivity contribution in [2.75, 3.05) is 13.1 Å². The van der Waals surface area contributed by atoms with E-state index < -0.39 is 6.04 Å². The molecule has 0 bridgehead atoms. The fraction of sp³-hybridized carbons (Fsp3) is 0.333. The molecule has 0 unspecified atom stereocenters. The summed E-state index contributed by atoms with van der Waals surface area (Å²) in [5.74, 6) is -0.294. The van der Waals surface area contributed by atoms with Crippen LogP contribution in [0.3, 0.4) is 0 Å². The topological polar surface area (TPSA) is 91.0 Å². The summed E-state index contributed by atoms with van der Waals surface area (Å²) in [6.45, 7) is 2.70. The Morgan fingerprint density at radius 3 is 2.50 bits per heavy atom. The predicted molar refractivity (Wildman–Crippen MR) is 118 cm³/mol. The first kappa shape index (κ1) is 21.7. The standard InChI is InChI=1S/C24H26FN5O2/c1-16(31)28-23(17-2-5-20(25)6-3-17)14-24(32)30-12-9-18(10-13-30)21-7-4-19(15-26-21)22-8-11-27-29-22/h2-8,11,15,18,23H,9-10,12-14H2,1H3,(H,27,29)(H,28,31)/t23-/m0/s1. The van der Waals surface area contributed by atoms with E-state index in [0.717, 1.165) is 29.8 Å². The molecular weight excluding hydrogens is 409 g/mol. The number of aromatic nitrogens is 3. The lowest BCUT2D eigenvalue weighted by atomic mass is 9.92. The number of H-pyrrole nitrogens is 1. The Kier molecular flexibility index (Phi) is 6.58. The van der Waals surface area contributed by atoms with Crippen molar-refractivity contribution in [1.82, 2.24) is 25.4 Å². The van der Waals surface area contributed by atoms with Crippen molar-refractivity contribution in [3.8, 4) is 11.3 Å². The Bertz CT molecular complexity index is 1040. The molecule has 0 saturated carbocycles. The maximum atomic E-state index is 13.3. The van der Waals surface area contributed by atoms with Gasteiger partial charge in [-0.05, 0) is 48.7 Å². The fourth-order valence-corrected chi connectivity index (χ4v) is 4.14. The molecule has 1 saturated heterocycles. The Balaban J connectivity index is 1.35. The lowest BCUT2D eigenvalue weighted by Gasteiger charge is -2.33. The monoisotopic (exact) mass is 435 g/mol. The van der Waals surface area contributed by atoms with Crippen LogP contribution in [0.4, 0.5) is 4.39 Å². The maximum absolute atomic E-state index is 13.3. The number of carbonyl (C=O) groups excluding carboxylic acids is 2. The van der Waals surface area contributed by atoms with Gasteiger partial charge in [-0.1, -0.05) is 12.1 Å². The van der Waals surface area contributed by atoms with Gasteiger partial charge in [-0.2, -0.15) is 5.10 Å². The second kappa shape index (κ2) is 9.72. The van der Waals surface area contributed by atoms with E-state index in [-0.39, 0.29) is 24.1 Å². The highest BCUT2D eigenvalue weighted by Gasteiger charge is 2.27. The molecule has 1 aliphatic rings. The molecule has 32 heavy (non-hydrogen) atoms. The zero-order chi connectivity index (χ0) is 22.5. The van der Waals surface area contributed by atoms with Crippen LogP contribution in [0, 0.1) is 5.82 Å². The van der Waals surface area contributed by atoms with Gasteiger partial charge in [-0.25, -0.2) is 4.39 Å². The molecular formula is C24H26FN5O2. The van der Waals surface area contributed by atoms with Crippen molar-refractivity contribution < 1.29 is 14.0 Å². The summed E-state index contributed by atoms with van der Waals surface area (Å²) in [5.41, 5.74) is 3.66. The zero-order valence-corrected chi connectivity index (χ0v) is 17.9. The smallest absolute Gasteiger partial charge is 0.224 e. The number of likely N-dealkylation sites (tertiary alicyclic amines) is 1. The van der Waals surface area contributed by atoms with Crippen LogP contribution in [0.15, 0.2) is 54.9 Å². The van der Waals surface area contributed by atoms with Crippen LogP contribution in [0.25, 0.3) is 11.3 Å². The van der Waals surface area contributed by atoms with Gasteiger partial charge in [0, 0.05) is 49.6 Å². The first-order chi connectivity index (χ1) is 15.5. The summed E-state index contributed by atoms with van der Waals surface area (Å²) < 4.78 is 13.3. The third-order valence-corrected chi connectivity index (χ3v) is 5.89. The normalized spacial score (nSPS) is 15.4. The molecule has 0 radical (unpaired) electrons. The van der Waals surface area contributed by atoms with E-state index in [4.69, 9.17) is 0 Å². The van der Waals surface area contributed by atoms with Gasteiger partial charge in [0.05, 0.1) is 18.2 Å². The summed E-state index contributed by atoms with van der Waals surface area (Å²) in [6, 6.07) is 11.4. The van der Waals surface area contributed by atoms with E-state index >= 15 is 0 Å². The fourth-order valence-electron chi connectivity index (χ4n) is 4.14. The number of carbonyl (C=O) groups is 2. The van der Waals surface area contributed by atoms with E-state index in [1.165, 1.54) is 19.1 Å². The quantitative estimate of drug-likeness (QED) is 0.619. The lowest BCUT2D eigenvalue weighted by Crippen LogP contribution is -2.40. The van der Waals surface area contributed by atoms with Gasteiger partial charge in [-0.15, -0.1) is 0 Å². The number of nitrogens with zero attached hydrogens (tertiary/aromatic N) is 3. The van der Waals surface area contributed by atoms with Crippen molar-refractivity contribution in [3.05, 3.63) is 71.9 Å². The number of rotatable bonds is 6. The molecule has 0 spiro atoms. The first-order valence-corrected chi connectivity index (χ1v) is 10.8. The van der Waals surface area contributed by atoms with Crippen molar-refractivity contribution in [2.45, 2.75) is 38.1 Å². The summed E-state index contributed by atoms with van der Waals surface area (Å²) in [4.78, 5) is 31.0. The van der Waals surface area contributed by atoms with Crippen molar-refractivity contribution in [2.24, 2.45) is 0 Å². The average molecular weight is 436 g/mol. The highest BCUT2D eigenvalue weighted by atomic mass is 19.1. The van der Waals surface area contributed by atoms with Gasteiger partial charge >= 0.3 is 0 Å². The van der Waals surface area contributed by atoms with E-state index in [0.29, 0.717) is 24.6 Å². The second-order valence-electron chi connectivity index (χ2n) is 8.11. The van der Waals surface area contributed by atoms with Gasteiger partial charge in [0.1, 0.15) is 5.82 Å². The molecule has 1 atom stereocenters. The van der Waals surface area contributed by atoms with Crippen LogP contribution in [0.2, 0.25) is 0 Å². The number of hydrogen-bond donors (Lipinski definition) is 2. The van der Waals surface area contributed by atoms with Gasteiger partial charge in [0.25, 0.3) is 0 Å². The van der Waals surface area contributed by atoms with Crippen LogP contribution in [-0.2, 0) is 9.59 Å². The zero-order valence-electron chi connectivity index (χ0n) is 17.9. The van der Waals surface area contributed by atoms with E-state index in [9.17, 15) is 14.0 Å². The maximum Gasteiger partial charge on any atom is 0.224 e. The number of aromatic amines is 1. The molecule has 0 aliphatic carbocycles. The molecule has 4 rings (SSSR count). The third kappa shape index (κ3) is 5.19. The number of pyridine rings is 1. The van der Waals surface area contributed by atoms with Crippen LogP contribution in [0.1, 0.15) is 49.4 Å². The molecule has 2 aromatic heterocycles. The number of nitrogens with one attached hydrogen (secondary N) is 2. The summed E-state index contributed by atoms with van der Waals surface area (Å²) >= 11 is 0. The molecule has 8 heteroatoms. The number of piperidine rings is 1. The Labute approximate surface area is 186 Å². The van der Waals surface area contributed by atoms with E-state index in [1.807, 2.05) is 29.3 Å². The molecule has 1 aliphatic heterocycles. The van der Waals surface area contributed by atoms with E-state index in [1.54, 1.807) is 18.3 Å². The van der Waals surface area contributed by atoms with Crippen molar-refractivity contribution >= 4 is 11.8 Å². The Morgan fingerprint density at radius 2 is 1.91 bits per heavy atom.